The van der Waals surface area contributed by atoms with Crippen molar-refractivity contribution in [1.29, 1.82) is 0 Å². The van der Waals surface area contributed by atoms with Crippen LogP contribution in [0.3, 0.4) is 0 Å². The number of pyridine rings is 1. The van der Waals surface area contributed by atoms with Gasteiger partial charge in [-0.05, 0) is 44.4 Å². The summed E-state index contributed by atoms with van der Waals surface area (Å²) < 4.78 is 0. The highest BCUT2D eigenvalue weighted by atomic mass is 16.3. The predicted octanol–water partition coefficient (Wildman–Crippen LogP) is 2.21. The first-order chi connectivity index (χ1) is 8.29. The first-order valence-corrected chi connectivity index (χ1v) is 6.61. The van der Waals surface area contributed by atoms with Gasteiger partial charge in [0.15, 0.2) is 0 Å². The van der Waals surface area contributed by atoms with E-state index >= 15 is 0 Å². The number of aliphatic hydroxyl groups is 1. The van der Waals surface area contributed by atoms with Gasteiger partial charge in [0.1, 0.15) is 0 Å². The summed E-state index contributed by atoms with van der Waals surface area (Å²) in [6, 6.07) is 6.70. The predicted molar refractivity (Wildman–Crippen MR) is 68.6 cm³/mol. The van der Waals surface area contributed by atoms with Crippen LogP contribution in [0.15, 0.2) is 24.4 Å². The molecule has 0 bridgehead atoms. The van der Waals surface area contributed by atoms with Crippen LogP contribution in [-0.2, 0) is 6.54 Å². The second-order valence-electron chi connectivity index (χ2n) is 4.85. The number of hydrogen-bond acceptors (Lipinski definition) is 3. The van der Waals surface area contributed by atoms with E-state index < -0.39 is 0 Å². The normalized spacial score (nSPS) is 25.1. The van der Waals surface area contributed by atoms with Crippen LogP contribution in [0.5, 0.6) is 0 Å². The summed E-state index contributed by atoms with van der Waals surface area (Å²) in [6.45, 7) is 4.18. The molecule has 1 saturated carbocycles. The van der Waals surface area contributed by atoms with Crippen LogP contribution >= 0.6 is 0 Å². The van der Waals surface area contributed by atoms with Gasteiger partial charge in [0, 0.05) is 18.8 Å². The van der Waals surface area contributed by atoms with Gasteiger partial charge in [-0.2, -0.15) is 0 Å². The standard InChI is InChI=1S/C14H22N2O/c1-2-16(11-12-5-3-4-10-15-12)13-6-8-14(17)9-7-13/h3-5,10,13-14,17H,2,6-9,11H2,1H3. The molecule has 1 aliphatic carbocycles. The molecule has 1 aromatic rings. The smallest absolute Gasteiger partial charge is 0.0544 e. The third-order valence-electron chi connectivity index (χ3n) is 3.68. The summed E-state index contributed by atoms with van der Waals surface area (Å²) in [5.74, 6) is 0. The molecular weight excluding hydrogens is 212 g/mol. The Kier molecular flexibility index (Phi) is 4.51. The van der Waals surface area contributed by atoms with Gasteiger partial charge < -0.3 is 5.11 Å². The summed E-state index contributed by atoms with van der Waals surface area (Å²) in [6.07, 6.45) is 5.91. The number of hydrogen-bond donors (Lipinski definition) is 1. The van der Waals surface area contributed by atoms with Gasteiger partial charge in [0.25, 0.3) is 0 Å². The molecule has 1 heterocycles. The average Bonchev–Trinajstić information content (AvgIpc) is 2.38. The molecule has 3 nitrogen and oxygen atoms in total. The molecule has 0 unspecified atom stereocenters. The lowest BCUT2D eigenvalue weighted by Crippen LogP contribution is -2.38. The fourth-order valence-corrected chi connectivity index (χ4v) is 2.62. The molecule has 2 rings (SSSR count). The summed E-state index contributed by atoms with van der Waals surface area (Å²) in [5.41, 5.74) is 1.14. The number of aliphatic hydroxyl groups excluding tert-OH is 1. The lowest BCUT2D eigenvalue weighted by Gasteiger charge is -2.34. The van der Waals surface area contributed by atoms with E-state index in [0.717, 1.165) is 44.5 Å². The molecule has 0 amide bonds. The van der Waals surface area contributed by atoms with Crippen LogP contribution in [0.1, 0.15) is 38.3 Å². The molecule has 0 atom stereocenters. The lowest BCUT2D eigenvalue weighted by molar-refractivity contribution is 0.0722. The minimum atomic E-state index is -0.0696. The molecule has 3 heteroatoms. The topological polar surface area (TPSA) is 36.4 Å². The van der Waals surface area contributed by atoms with E-state index in [4.69, 9.17) is 0 Å². The maximum absolute atomic E-state index is 9.54. The fourth-order valence-electron chi connectivity index (χ4n) is 2.62. The van der Waals surface area contributed by atoms with Crippen LogP contribution in [0.2, 0.25) is 0 Å². The van der Waals surface area contributed by atoms with Crippen molar-refractivity contribution >= 4 is 0 Å². The first-order valence-electron chi connectivity index (χ1n) is 6.61. The van der Waals surface area contributed by atoms with Gasteiger partial charge in [-0.1, -0.05) is 13.0 Å². The molecule has 0 aliphatic heterocycles. The van der Waals surface area contributed by atoms with E-state index in [0.29, 0.717) is 6.04 Å². The third kappa shape index (κ3) is 3.51. The average molecular weight is 234 g/mol. The third-order valence-corrected chi connectivity index (χ3v) is 3.68. The second kappa shape index (κ2) is 6.12. The maximum atomic E-state index is 9.54. The Morgan fingerprint density at radius 3 is 2.65 bits per heavy atom. The van der Waals surface area contributed by atoms with Gasteiger partial charge in [-0.25, -0.2) is 0 Å². The molecule has 0 radical (unpaired) electrons. The van der Waals surface area contributed by atoms with Gasteiger partial charge in [0.05, 0.1) is 11.8 Å². The van der Waals surface area contributed by atoms with Gasteiger partial charge in [-0.15, -0.1) is 0 Å². The number of aromatic nitrogens is 1. The summed E-state index contributed by atoms with van der Waals surface area (Å²) in [7, 11) is 0. The molecule has 0 aromatic carbocycles. The molecule has 0 saturated heterocycles. The van der Waals surface area contributed by atoms with Crippen molar-refractivity contribution in [3.8, 4) is 0 Å². The van der Waals surface area contributed by atoms with Crippen LogP contribution in [0, 0.1) is 0 Å². The van der Waals surface area contributed by atoms with E-state index in [1.165, 1.54) is 0 Å². The zero-order valence-corrected chi connectivity index (χ0v) is 10.5. The molecule has 94 valence electrons. The highest BCUT2D eigenvalue weighted by Crippen LogP contribution is 2.23. The van der Waals surface area contributed by atoms with Crippen molar-refractivity contribution in [2.45, 2.75) is 51.3 Å². The van der Waals surface area contributed by atoms with Crippen molar-refractivity contribution < 1.29 is 5.11 Å². The SMILES string of the molecule is CCN(Cc1ccccn1)C1CCC(O)CC1. The van der Waals surface area contributed by atoms with Crippen LogP contribution in [0.25, 0.3) is 0 Å². The maximum Gasteiger partial charge on any atom is 0.0544 e. The second-order valence-corrected chi connectivity index (χ2v) is 4.85. The minimum Gasteiger partial charge on any atom is -0.393 e. The van der Waals surface area contributed by atoms with Crippen molar-refractivity contribution in [2.75, 3.05) is 6.54 Å². The quantitative estimate of drug-likeness (QED) is 0.867. The lowest BCUT2D eigenvalue weighted by atomic mass is 9.92. The molecule has 1 N–H and O–H groups in total. The van der Waals surface area contributed by atoms with Crippen LogP contribution in [0.4, 0.5) is 0 Å². The van der Waals surface area contributed by atoms with E-state index in [-0.39, 0.29) is 6.10 Å². The highest BCUT2D eigenvalue weighted by molar-refractivity contribution is 5.03. The number of nitrogens with zero attached hydrogens (tertiary/aromatic N) is 2. The van der Waals surface area contributed by atoms with Crippen molar-refractivity contribution in [3.63, 3.8) is 0 Å². The highest BCUT2D eigenvalue weighted by Gasteiger charge is 2.23. The monoisotopic (exact) mass is 234 g/mol. The molecular formula is C14H22N2O. The van der Waals surface area contributed by atoms with Crippen molar-refractivity contribution in [1.82, 2.24) is 9.88 Å². The van der Waals surface area contributed by atoms with Gasteiger partial charge in [0.2, 0.25) is 0 Å². The van der Waals surface area contributed by atoms with Crippen molar-refractivity contribution in [2.24, 2.45) is 0 Å². The zero-order chi connectivity index (χ0) is 12.1. The van der Waals surface area contributed by atoms with Crippen LogP contribution < -0.4 is 0 Å². The van der Waals surface area contributed by atoms with E-state index in [1.54, 1.807) is 0 Å². The summed E-state index contributed by atoms with van der Waals surface area (Å²) >= 11 is 0. The Hall–Kier alpha value is -0.930. The van der Waals surface area contributed by atoms with E-state index in [2.05, 4.69) is 22.9 Å². The summed E-state index contributed by atoms with van der Waals surface area (Å²) in [5, 5.41) is 9.54. The van der Waals surface area contributed by atoms with Gasteiger partial charge >= 0.3 is 0 Å². The summed E-state index contributed by atoms with van der Waals surface area (Å²) in [4.78, 5) is 6.87. The number of rotatable bonds is 4. The Bertz CT molecular complexity index is 320. The molecule has 1 aromatic heterocycles. The fraction of sp³-hybridized carbons (Fsp3) is 0.643. The zero-order valence-electron chi connectivity index (χ0n) is 10.5. The molecule has 17 heavy (non-hydrogen) atoms. The molecule has 1 fully saturated rings. The Labute approximate surface area is 103 Å². The van der Waals surface area contributed by atoms with E-state index in [9.17, 15) is 5.11 Å². The largest absolute Gasteiger partial charge is 0.393 e. The minimum absolute atomic E-state index is 0.0696. The van der Waals surface area contributed by atoms with E-state index in [1.807, 2.05) is 18.3 Å². The Morgan fingerprint density at radius 1 is 1.29 bits per heavy atom. The molecule has 0 spiro atoms. The Balaban J connectivity index is 1.92. The van der Waals surface area contributed by atoms with Gasteiger partial charge in [-0.3, -0.25) is 9.88 Å². The Morgan fingerprint density at radius 2 is 2.06 bits per heavy atom. The molecule has 1 aliphatic rings. The van der Waals surface area contributed by atoms with Crippen molar-refractivity contribution in [3.05, 3.63) is 30.1 Å². The first kappa shape index (κ1) is 12.5. The van der Waals surface area contributed by atoms with Crippen LogP contribution in [-0.4, -0.2) is 33.7 Å².